The molecule has 28 heavy (non-hydrogen) atoms. The molecule has 1 heterocycles. The smallest absolute Gasteiger partial charge is 0.171 e. The van der Waals surface area contributed by atoms with Gasteiger partial charge in [0.15, 0.2) is 10.9 Å². The van der Waals surface area contributed by atoms with Crippen molar-refractivity contribution in [3.05, 3.63) is 74.9 Å². The van der Waals surface area contributed by atoms with Crippen LogP contribution in [0.5, 0.6) is 5.75 Å². The molecule has 0 bridgehead atoms. The fraction of sp³-hybridized carbons (Fsp3) is 0.238. The van der Waals surface area contributed by atoms with Crippen molar-refractivity contribution in [1.29, 1.82) is 0 Å². The molecule has 0 amide bonds. The zero-order valence-electron chi connectivity index (χ0n) is 14.9. The Kier molecular flexibility index (Phi) is 5.58. The molecule has 1 aliphatic carbocycles. The number of thiocarbonyl (C=S) groups is 1. The van der Waals surface area contributed by atoms with Crippen LogP contribution in [0.25, 0.3) is 0 Å². The van der Waals surface area contributed by atoms with E-state index in [1.54, 1.807) is 12.1 Å². The third-order valence-corrected chi connectivity index (χ3v) is 5.71. The van der Waals surface area contributed by atoms with E-state index in [1.807, 2.05) is 30.3 Å². The van der Waals surface area contributed by atoms with Gasteiger partial charge in [0, 0.05) is 33.3 Å². The number of allylic oxidation sites excluding steroid dienone is 1. The summed E-state index contributed by atoms with van der Waals surface area (Å²) in [5.41, 5.74) is 3.58. The van der Waals surface area contributed by atoms with E-state index in [1.165, 1.54) is 0 Å². The van der Waals surface area contributed by atoms with E-state index in [4.69, 9.17) is 40.2 Å². The standard InChI is InChI=1S/C21H18Cl2N2O2S/c22-14-7-4-13(16(23)10-14)11-27-15-8-5-12(6-9-15)20-19-17(24-21(28)25-20)2-1-3-18(19)26/h4-10,20H,1-3,11H2,(H2,24,25,28). The summed E-state index contributed by atoms with van der Waals surface area (Å²) in [7, 11) is 0. The van der Waals surface area contributed by atoms with Gasteiger partial charge >= 0.3 is 0 Å². The second kappa shape index (κ2) is 8.11. The molecule has 2 aromatic carbocycles. The molecule has 1 aliphatic heterocycles. The van der Waals surface area contributed by atoms with Gasteiger partial charge in [0.1, 0.15) is 12.4 Å². The number of rotatable bonds is 4. The Hall–Kier alpha value is -2.08. The quantitative estimate of drug-likeness (QED) is 0.658. The van der Waals surface area contributed by atoms with Crippen LogP contribution in [0.3, 0.4) is 0 Å². The summed E-state index contributed by atoms with van der Waals surface area (Å²) in [6.07, 6.45) is 2.29. The first-order valence-electron chi connectivity index (χ1n) is 9.02. The normalized spacial score (nSPS) is 19.0. The van der Waals surface area contributed by atoms with Gasteiger partial charge in [0.05, 0.1) is 6.04 Å². The fourth-order valence-corrected chi connectivity index (χ4v) is 4.22. The van der Waals surface area contributed by atoms with Gasteiger partial charge < -0.3 is 15.4 Å². The van der Waals surface area contributed by atoms with E-state index in [9.17, 15) is 4.79 Å². The van der Waals surface area contributed by atoms with Gasteiger partial charge in [-0.05, 0) is 54.9 Å². The van der Waals surface area contributed by atoms with E-state index in [0.29, 0.717) is 28.2 Å². The van der Waals surface area contributed by atoms with Crippen LogP contribution in [0.2, 0.25) is 10.0 Å². The molecular weight excluding hydrogens is 415 g/mol. The van der Waals surface area contributed by atoms with Crippen molar-refractivity contribution in [2.24, 2.45) is 0 Å². The van der Waals surface area contributed by atoms with Crippen molar-refractivity contribution in [3.8, 4) is 5.75 Å². The van der Waals surface area contributed by atoms with Crippen LogP contribution in [0.15, 0.2) is 53.7 Å². The van der Waals surface area contributed by atoms with Crippen molar-refractivity contribution >= 4 is 46.3 Å². The minimum atomic E-state index is -0.226. The summed E-state index contributed by atoms with van der Waals surface area (Å²) in [6, 6.07) is 12.8. The Morgan fingerprint density at radius 2 is 1.89 bits per heavy atom. The third kappa shape index (κ3) is 4.02. The Balaban J connectivity index is 1.51. The number of Topliss-reactive ketones (excluding diaryl/α,β-unsaturated/α-hetero) is 1. The van der Waals surface area contributed by atoms with Crippen LogP contribution in [0, 0.1) is 0 Å². The number of carbonyl (C=O) groups is 1. The second-order valence-corrected chi connectivity index (χ2v) is 8.05. The monoisotopic (exact) mass is 432 g/mol. The first-order valence-corrected chi connectivity index (χ1v) is 10.2. The predicted octanol–water partition coefficient (Wildman–Crippen LogP) is 5.10. The molecule has 0 saturated carbocycles. The minimum Gasteiger partial charge on any atom is -0.489 e. The molecule has 0 saturated heterocycles. The van der Waals surface area contributed by atoms with Gasteiger partial charge in [-0.15, -0.1) is 0 Å². The van der Waals surface area contributed by atoms with Crippen LogP contribution in [0.4, 0.5) is 0 Å². The number of hydrogen-bond donors (Lipinski definition) is 2. The summed E-state index contributed by atoms with van der Waals surface area (Å²) in [5.74, 6) is 0.891. The summed E-state index contributed by atoms with van der Waals surface area (Å²) in [5, 5.41) is 8.08. The molecule has 1 unspecified atom stereocenters. The number of ether oxygens (including phenoxy) is 1. The maximum Gasteiger partial charge on any atom is 0.171 e. The molecule has 2 N–H and O–H groups in total. The lowest BCUT2D eigenvalue weighted by Gasteiger charge is -2.33. The molecule has 0 spiro atoms. The number of carbonyl (C=O) groups excluding carboxylic acids is 1. The highest BCUT2D eigenvalue weighted by atomic mass is 35.5. The van der Waals surface area contributed by atoms with Crippen LogP contribution in [-0.4, -0.2) is 10.9 Å². The summed E-state index contributed by atoms with van der Waals surface area (Å²) >= 11 is 17.4. The summed E-state index contributed by atoms with van der Waals surface area (Å²) in [6.45, 7) is 0.346. The van der Waals surface area contributed by atoms with Crippen molar-refractivity contribution in [2.45, 2.75) is 31.9 Å². The summed E-state index contributed by atoms with van der Waals surface area (Å²) in [4.78, 5) is 12.5. The van der Waals surface area contributed by atoms with Crippen molar-refractivity contribution in [1.82, 2.24) is 10.6 Å². The van der Waals surface area contributed by atoms with Crippen LogP contribution in [0.1, 0.15) is 36.4 Å². The minimum absolute atomic E-state index is 0.173. The van der Waals surface area contributed by atoms with Crippen LogP contribution < -0.4 is 15.4 Å². The van der Waals surface area contributed by atoms with Gasteiger partial charge in [-0.25, -0.2) is 0 Å². The molecule has 1 atom stereocenters. The highest BCUT2D eigenvalue weighted by Gasteiger charge is 2.33. The van der Waals surface area contributed by atoms with Gasteiger partial charge in [0.2, 0.25) is 0 Å². The number of nitrogens with one attached hydrogen (secondary N) is 2. The van der Waals surface area contributed by atoms with Crippen molar-refractivity contribution in [2.75, 3.05) is 0 Å². The van der Waals surface area contributed by atoms with Gasteiger partial charge in [-0.2, -0.15) is 0 Å². The average molecular weight is 433 g/mol. The van der Waals surface area contributed by atoms with Gasteiger partial charge in [-0.3, -0.25) is 4.79 Å². The second-order valence-electron chi connectivity index (χ2n) is 6.79. The van der Waals surface area contributed by atoms with Crippen molar-refractivity contribution < 1.29 is 9.53 Å². The molecule has 0 fully saturated rings. The Morgan fingerprint density at radius 3 is 2.64 bits per heavy atom. The van der Waals surface area contributed by atoms with E-state index in [0.717, 1.165) is 41.0 Å². The van der Waals surface area contributed by atoms with Gasteiger partial charge in [-0.1, -0.05) is 41.4 Å². The van der Waals surface area contributed by atoms with E-state index in [-0.39, 0.29) is 11.8 Å². The zero-order chi connectivity index (χ0) is 19.7. The average Bonchev–Trinajstić information content (AvgIpc) is 2.67. The Morgan fingerprint density at radius 1 is 1.11 bits per heavy atom. The SMILES string of the molecule is O=C1CCCC2=C1C(c1ccc(OCc3ccc(Cl)cc3Cl)cc1)NC(=S)N2. The lowest BCUT2D eigenvalue weighted by molar-refractivity contribution is -0.116. The molecule has 144 valence electrons. The van der Waals surface area contributed by atoms with E-state index in [2.05, 4.69) is 10.6 Å². The van der Waals surface area contributed by atoms with Gasteiger partial charge in [0.25, 0.3) is 0 Å². The fourth-order valence-electron chi connectivity index (χ4n) is 3.51. The lowest BCUT2D eigenvalue weighted by Crippen LogP contribution is -2.46. The van der Waals surface area contributed by atoms with Crippen LogP contribution >= 0.6 is 35.4 Å². The maximum absolute atomic E-state index is 12.5. The Bertz CT molecular complexity index is 973. The number of halogens is 2. The first kappa shape index (κ1) is 19.2. The number of hydrogen-bond acceptors (Lipinski definition) is 3. The third-order valence-electron chi connectivity index (χ3n) is 4.91. The highest BCUT2D eigenvalue weighted by Crippen LogP contribution is 2.34. The van der Waals surface area contributed by atoms with Crippen molar-refractivity contribution in [3.63, 3.8) is 0 Å². The molecule has 0 radical (unpaired) electrons. The first-order chi connectivity index (χ1) is 13.5. The van der Waals surface area contributed by atoms with Crippen LogP contribution in [-0.2, 0) is 11.4 Å². The topological polar surface area (TPSA) is 50.4 Å². The molecule has 4 nitrogen and oxygen atoms in total. The molecular formula is C21H18Cl2N2O2S. The number of ketones is 1. The predicted molar refractivity (Wildman–Crippen MR) is 115 cm³/mol. The van der Waals surface area contributed by atoms with E-state index >= 15 is 0 Å². The molecule has 2 aliphatic rings. The molecule has 2 aromatic rings. The Labute approximate surface area is 178 Å². The lowest BCUT2D eigenvalue weighted by atomic mass is 9.85. The molecule has 7 heteroatoms. The zero-order valence-corrected chi connectivity index (χ0v) is 17.3. The highest BCUT2D eigenvalue weighted by molar-refractivity contribution is 7.80. The number of benzene rings is 2. The van der Waals surface area contributed by atoms with E-state index < -0.39 is 0 Å². The summed E-state index contributed by atoms with van der Waals surface area (Å²) < 4.78 is 5.84. The molecule has 0 aromatic heterocycles. The maximum atomic E-state index is 12.5. The molecule has 4 rings (SSSR count). The largest absolute Gasteiger partial charge is 0.489 e.